The van der Waals surface area contributed by atoms with Gasteiger partial charge in [-0.25, -0.2) is 4.98 Å². The van der Waals surface area contributed by atoms with Gasteiger partial charge < -0.3 is 14.4 Å². The maximum Gasteiger partial charge on any atom is 0.430 e. The van der Waals surface area contributed by atoms with Crippen molar-refractivity contribution >= 4 is 5.97 Å². The van der Waals surface area contributed by atoms with Crippen LogP contribution in [0.15, 0.2) is 30.5 Å². The number of carbonyl (C=O) groups excluding carboxylic acids is 1. The fourth-order valence-corrected chi connectivity index (χ4v) is 2.96. The van der Waals surface area contributed by atoms with Gasteiger partial charge in [0.1, 0.15) is 5.82 Å². The van der Waals surface area contributed by atoms with Gasteiger partial charge in [-0.15, -0.1) is 0 Å². The van der Waals surface area contributed by atoms with Gasteiger partial charge in [-0.2, -0.15) is 26.3 Å². The first-order chi connectivity index (χ1) is 13.7. The minimum Gasteiger partial charge on any atom is -0.469 e. The van der Waals surface area contributed by atoms with Gasteiger partial charge in [0.05, 0.1) is 13.5 Å². The fourth-order valence-electron chi connectivity index (χ4n) is 2.96. The van der Waals surface area contributed by atoms with Crippen LogP contribution in [0.1, 0.15) is 43.3 Å². The summed E-state index contributed by atoms with van der Waals surface area (Å²) in [4.78, 5) is 15.7. The highest BCUT2D eigenvalue weighted by Gasteiger charge is 2.71. The number of hydrogen-bond acceptors (Lipinski definition) is 4. The van der Waals surface area contributed by atoms with Crippen LogP contribution in [0.3, 0.4) is 0 Å². The predicted molar refractivity (Wildman–Crippen MR) is 94.0 cm³/mol. The molecule has 1 heterocycles. The van der Waals surface area contributed by atoms with Crippen LogP contribution in [0.25, 0.3) is 5.69 Å². The van der Waals surface area contributed by atoms with Gasteiger partial charge in [0.2, 0.25) is 0 Å². The average molecular weight is 438 g/mol. The monoisotopic (exact) mass is 438 g/mol. The first kappa shape index (κ1) is 23.7. The topological polar surface area (TPSA) is 64.3 Å². The lowest BCUT2D eigenvalue weighted by Gasteiger charge is -2.32. The van der Waals surface area contributed by atoms with Crippen molar-refractivity contribution in [1.82, 2.24) is 9.55 Å². The van der Waals surface area contributed by atoms with E-state index in [2.05, 4.69) is 9.72 Å². The molecular weight excluding hydrogens is 418 g/mol. The molecule has 2 rings (SSSR count). The van der Waals surface area contributed by atoms with E-state index < -0.39 is 29.5 Å². The second-order valence-corrected chi connectivity index (χ2v) is 6.93. The zero-order valence-electron chi connectivity index (χ0n) is 16.3. The standard InChI is InChI=1S/C19H20F6N2O3/c1-11(2)16-26-10-14(8-9-15(28)30-3)27(16)13-6-4-12(5-7-13)17(29,18(20,21)22)19(23,24)25/h4-7,10-11,29H,8-9H2,1-3H3. The van der Waals surface area contributed by atoms with Crippen molar-refractivity contribution in [2.75, 3.05) is 7.11 Å². The van der Waals surface area contributed by atoms with E-state index in [0.29, 0.717) is 23.7 Å². The van der Waals surface area contributed by atoms with Gasteiger partial charge in [0, 0.05) is 35.5 Å². The van der Waals surface area contributed by atoms with Gasteiger partial charge in [-0.05, 0) is 12.1 Å². The summed E-state index contributed by atoms with van der Waals surface area (Å²) >= 11 is 0. The summed E-state index contributed by atoms with van der Waals surface area (Å²) in [5.74, 6) is -0.104. The summed E-state index contributed by atoms with van der Waals surface area (Å²) in [6.45, 7) is 3.62. The molecule has 0 amide bonds. The molecule has 0 spiro atoms. The Kier molecular flexibility index (Phi) is 6.55. The summed E-state index contributed by atoms with van der Waals surface area (Å²) in [5.41, 5.74) is -5.58. The number of benzene rings is 1. The maximum atomic E-state index is 13.1. The van der Waals surface area contributed by atoms with E-state index in [-0.39, 0.29) is 24.4 Å². The number of rotatable bonds is 6. The van der Waals surface area contributed by atoms with Crippen molar-refractivity contribution < 1.29 is 41.0 Å². The van der Waals surface area contributed by atoms with E-state index in [1.807, 2.05) is 13.8 Å². The third kappa shape index (κ3) is 4.30. The quantitative estimate of drug-likeness (QED) is 0.536. The number of carbonyl (C=O) groups is 1. The van der Waals surface area contributed by atoms with Crippen LogP contribution < -0.4 is 0 Å². The number of methoxy groups -OCH3 is 1. The number of nitrogens with zero attached hydrogens (tertiary/aromatic N) is 2. The first-order valence-corrected chi connectivity index (χ1v) is 8.84. The summed E-state index contributed by atoms with van der Waals surface area (Å²) in [6.07, 6.45) is -10.2. The van der Waals surface area contributed by atoms with Crippen LogP contribution in [0.4, 0.5) is 26.3 Å². The fraction of sp³-hybridized carbons (Fsp3) is 0.474. The van der Waals surface area contributed by atoms with Crippen molar-refractivity contribution in [3.8, 4) is 5.69 Å². The van der Waals surface area contributed by atoms with Gasteiger partial charge in [-0.3, -0.25) is 4.79 Å². The smallest absolute Gasteiger partial charge is 0.430 e. The molecule has 0 radical (unpaired) electrons. The van der Waals surface area contributed by atoms with Gasteiger partial charge in [-0.1, -0.05) is 26.0 Å². The summed E-state index contributed by atoms with van der Waals surface area (Å²) in [7, 11) is 1.22. The van der Waals surface area contributed by atoms with Gasteiger partial charge in [0.25, 0.3) is 5.60 Å². The largest absolute Gasteiger partial charge is 0.469 e. The SMILES string of the molecule is COC(=O)CCc1cnc(C(C)C)n1-c1ccc(C(O)(C(F)(F)F)C(F)(F)F)cc1. The predicted octanol–water partition coefficient (Wildman–Crippen LogP) is 4.41. The molecule has 0 aliphatic carbocycles. The molecule has 0 bridgehead atoms. The minimum absolute atomic E-state index is 0.0136. The third-order valence-corrected chi connectivity index (χ3v) is 4.56. The molecular formula is C19H20F6N2O3. The highest BCUT2D eigenvalue weighted by atomic mass is 19.4. The molecule has 0 aliphatic rings. The molecule has 0 saturated carbocycles. The summed E-state index contributed by atoms with van der Waals surface area (Å²) in [5, 5.41) is 9.53. The van der Waals surface area contributed by atoms with Crippen molar-refractivity contribution in [3.63, 3.8) is 0 Å². The Balaban J connectivity index is 2.52. The maximum absolute atomic E-state index is 13.1. The molecule has 1 aromatic carbocycles. The second kappa shape index (κ2) is 8.29. The van der Waals surface area contributed by atoms with E-state index in [9.17, 15) is 36.2 Å². The highest BCUT2D eigenvalue weighted by molar-refractivity contribution is 5.69. The third-order valence-electron chi connectivity index (χ3n) is 4.56. The van der Waals surface area contributed by atoms with Gasteiger partial charge >= 0.3 is 18.3 Å². The lowest BCUT2D eigenvalue weighted by molar-refractivity contribution is -0.376. The second-order valence-electron chi connectivity index (χ2n) is 6.93. The van der Waals surface area contributed by atoms with Crippen LogP contribution in [0.2, 0.25) is 0 Å². The molecule has 1 N–H and O–H groups in total. The first-order valence-electron chi connectivity index (χ1n) is 8.84. The van der Waals surface area contributed by atoms with Crippen LogP contribution in [-0.4, -0.2) is 40.1 Å². The van der Waals surface area contributed by atoms with Crippen molar-refractivity contribution in [1.29, 1.82) is 0 Å². The zero-order chi connectivity index (χ0) is 22.9. The van der Waals surface area contributed by atoms with Crippen LogP contribution in [-0.2, 0) is 21.6 Å². The number of hydrogen-bond donors (Lipinski definition) is 1. The highest BCUT2D eigenvalue weighted by Crippen LogP contribution is 2.50. The van der Waals surface area contributed by atoms with E-state index in [4.69, 9.17) is 0 Å². The molecule has 0 unspecified atom stereocenters. The molecule has 2 aromatic rings. The zero-order valence-corrected chi connectivity index (χ0v) is 16.3. The van der Waals surface area contributed by atoms with Crippen LogP contribution in [0.5, 0.6) is 0 Å². The molecule has 0 aliphatic heterocycles. The number of ether oxygens (including phenoxy) is 1. The summed E-state index contributed by atoms with van der Waals surface area (Å²) in [6, 6.07) is 3.22. The van der Waals surface area contributed by atoms with E-state index in [1.54, 1.807) is 4.57 Å². The van der Waals surface area contributed by atoms with E-state index in [0.717, 1.165) is 12.1 Å². The Morgan fingerprint density at radius 3 is 2.07 bits per heavy atom. The van der Waals surface area contributed by atoms with Crippen molar-refractivity contribution in [3.05, 3.63) is 47.5 Å². The van der Waals surface area contributed by atoms with Crippen molar-refractivity contribution in [2.45, 2.75) is 50.6 Å². The number of aryl methyl sites for hydroxylation is 1. The Hall–Kier alpha value is -2.56. The normalized spacial score (nSPS) is 13.0. The molecule has 5 nitrogen and oxygen atoms in total. The Bertz CT molecular complexity index is 871. The minimum atomic E-state index is -5.96. The Morgan fingerprint density at radius 1 is 1.10 bits per heavy atom. The summed E-state index contributed by atoms with van der Waals surface area (Å²) < 4.78 is 84.6. The number of esters is 1. The molecule has 11 heteroatoms. The Labute approximate surface area is 168 Å². The van der Waals surface area contributed by atoms with E-state index >= 15 is 0 Å². The molecule has 0 atom stereocenters. The number of halogens is 6. The van der Waals surface area contributed by atoms with E-state index in [1.165, 1.54) is 13.3 Å². The Morgan fingerprint density at radius 2 is 1.63 bits per heavy atom. The molecule has 166 valence electrons. The van der Waals surface area contributed by atoms with Gasteiger partial charge in [0.15, 0.2) is 0 Å². The molecule has 0 fully saturated rings. The molecule has 30 heavy (non-hydrogen) atoms. The van der Waals surface area contributed by atoms with Crippen molar-refractivity contribution in [2.24, 2.45) is 0 Å². The number of alkyl halides is 6. The number of aromatic nitrogens is 2. The average Bonchev–Trinajstić information content (AvgIpc) is 3.08. The molecule has 1 aromatic heterocycles. The lowest BCUT2D eigenvalue weighted by Crippen LogP contribution is -2.53. The van der Waals surface area contributed by atoms with Crippen LogP contribution in [0, 0.1) is 0 Å². The van der Waals surface area contributed by atoms with Crippen LogP contribution >= 0.6 is 0 Å². The molecule has 0 saturated heterocycles. The number of aliphatic hydroxyl groups is 1. The number of imidazole rings is 1. The lowest BCUT2D eigenvalue weighted by atomic mass is 9.92.